The highest BCUT2D eigenvalue weighted by Crippen LogP contribution is 2.07. The Morgan fingerprint density at radius 1 is 1.08 bits per heavy atom. The van der Waals surface area contributed by atoms with Gasteiger partial charge in [-0.1, -0.05) is 24.3 Å². The van der Waals surface area contributed by atoms with Crippen molar-refractivity contribution in [1.29, 1.82) is 0 Å². The predicted octanol–water partition coefficient (Wildman–Crippen LogP) is 3.14. The van der Waals surface area contributed by atoms with Crippen molar-refractivity contribution in [2.24, 2.45) is 4.99 Å². The van der Waals surface area contributed by atoms with Crippen LogP contribution in [0.15, 0.2) is 53.5 Å². The van der Waals surface area contributed by atoms with E-state index in [4.69, 9.17) is 4.74 Å². The number of nitrogens with zero attached hydrogens (tertiary/aromatic N) is 2. The Bertz CT molecular complexity index is 619. The zero-order valence-corrected chi connectivity index (χ0v) is 16.5. The molecule has 0 saturated heterocycles. The fraction of sp³-hybridized carbons (Fsp3) is 0.333. The molecule has 2 N–H and O–H groups in total. The summed E-state index contributed by atoms with van der Waals surface area (Å²) >= 11 is 0. The van der Waals surface area contributed by atoms with Gasteiger partial charge >= 0.3 is 0 Å². The molecule has 5 nitrogen and oxygen atoms in total. The van der Waals surface area contributed by atoms with E-state index in [0.29, 0.717) is 19.7 Å². The normalized spacial score (nSPS) is 10.7. The van der Waals surface area contributed by atoms with Crippen molar-refractivity contribution >= 4 is 29.9 Å². The summed E-state index contributed by atoms with van der Waals surface area (Å²) in [5, 5.41) is 6.48. The number of nitrogens with one attached hydrogen (secondary N) is 2. The minimum Gasteiger partial charge on any atom is -0.492 e. The van der Waals surface area contributed by atoms with E-state index >= 15 is 0 Å². The van der Waals surface area contributed by atoms with Crippen LogP contribution in [0.4, 0.5) is 0 Å². The number of pyridine rings is 1. The summed E-state index contributed by atoms with van der Waals surface area (Å²) in [4.78, 5) is 9.00. The fourth-order valence-electron chi connectivity index (χ4n) is 2.04. The number of aliphatic imine (C=N–C) groups is 1. The summed E-state index contributed by atoms with van der Waals surface area (Å²) in [7, 11) is 0. The van der Waals surface area contributed by atoms with Crippen LogP contribution in [0.1, 0.15) is 18.3 Å². The monoisotopic (exact) mass is 440 g/mol. The molecular formula is C18H25IN4O. The van der Waals surface area contributed by atoms with Crippen LogP contribution in [0.3, 0.4) is 0 Å². The number of aromatic nitrogens is 1. The molecule has 0 fully saturated rings. The Kier molecular flexibility index (Phi) is 9.83. The summed E-state index contributed by atoms with van der Waals surface area (Å²) in [6.45, 7) is 6.66. The third-order valence-corrected chi connectivity index (χ3v) is 3.10. The molecule has 1 aromatic heterocycles. The first-order valence-corrected chi connectivity index (χ1v) is 7.90. The molecule has 0 saturated carbocycles. The second-order valence-electron chi connectivity index (χ2n) is 5.05. The van der Waals surface area contributed by atoms with Crippen molar-refractivity contribution in [3.05, 3.63) is 59.9 Å². The van der Waals surface area contributed by atoms with Gasteiger partial charge in [-0.3, -0.25) is 4.98 Å². The van der Waals surface area contributed by atoms with Crippen molar-refractivity contribution in [3.63, 3.8) is 0 Å². The first kappa shape index (κ1) is 20.2. The van der Waals surface area contributed by atoms with Gasteiger partial charge in [-0.15, -0.1) is 24.0 Å². The molecule has 0 aliphatic carbocycles. The number of hydrogen-bond acceptors (Lipinski definition) is 3. The van der Waals surface area contributed by atoms with Crippen LogP contribution in [-0.4, -0.2) is 30.6 Å². The molecule has 0 aliphatic heterocycles. The SMILES string of the molecule is CCNC(=NCc1cccc(C)n1)NCCOc1ccccc1.I. The molecule has 0 unspecified atom stereocenters. The third-order valence-electron chi connectivity index (χ3n) is 3.10. The zero-order valence-electron chi connectivity index (χ0n) is 14.2. The number of guanidine groups is 1. The summed E-state index contributed by atoms with van der Waals surface area (Å²) in [6, 6.07) is 15.8. The van der Waals surface area contributed by atoms with Gasteiger partial charge in [0.25, 0.3) is 0 Å². The summed E-state index contributed by atoms with van der Waals surface area (Å²) < 4.78 is 5.66. The van der Waals surface area contributed by atoms with Crippen molar-refractivity contribution < 1.29 is 4.74 Å². The predicted molar refractivity (Wildman–Crippen MR) is 109 cm³/mol. The quantitative estimate of drug-likeness (QED) is 0.301. The van der Waals surface area contributed by atoms with Crippen LogP contribution in [0, 0.1) is 6.92 Å². The highest BCUT2D eigenvalue weighted by atomic mass is 127. The van der Waals surface area contributed by atoms with Gasteiger partial charge in [0.05, 0.1) is 18.8 Å². The topological polar surface area (TPSA) is 58.5 Å². The van der Waals surface area contributed by atoms with Gasteiger partial charge in [-0.2, -0.15) is 0 Å². The van der Waals surface area contributed by atoms with Crippen LogP contribution in [0.2, 0.25) is 0 Å². The number of aryl methyl sites for hydroxylation is 1. The highest BCUT2D eigenvalue weighted by Gasteiger charge is 1.99. The molecule has 1 heterocycles. The van der Waals surface area contributed by atoms with Crippen molar-refractivity contribution in [1.82, 2.24) is 15.6 Å². The lowest BCUT2D eigenvalue weighted by Crippen LogP contribution is -2.39. The molecule has 0 amide bonds. The van der Waals surface area contributed by atoms with E-state index in [1.54, 1.807) is 0 Å². The van der Waals surface area contributed by atoms with Gasteiger partial charge in [0.2, 0.25) is 0 Å². The van der Waals surface area contributed by atoms with E-state index in [1.807, 2.05) is 62.4 Å². The molecule has 0 aliphatic rings. The van der Waals surface area contributed by atoms with Gasteiger partial charge < -0.3 is 15.4 Å². The molecule has 0 radical (unpaired) electrons. The molecule has 0 spiro atoms. The minimum absolute atomic E-state index is 0. The Morgan fingerprint density at radius 3 is 2.58 bits per heavy atom. The van der Waals surface area contributed by atoms with Crippen LogP contribution in [0.25, 0.3) is 0 Å². The lowest BCUT2D eigenvalue weighted by atomic mass is 10.3. The van der Waals surface area contributed by atoms with Gasteiger partial charge in [0.1, 0.15) is 12.4 Å². The molecule has 6 heteroatoms. The van der Waals surface area contributed by atoms with Crippen LogP contribution < -0.4 is 15.4 Å². The number of rotatable bonds is 7. The maximum atomic E-state index is 5.66. The average Bonchev–Trinajstić information content (AvgIpc) is 2.57. The fourth-order valence-corrected chi connectivity index (χ4v) is 2.04. The lowest BCUT2D eigenvalue weighted by Gasteiger charge is -2.12. The van der Waals surface area contributed by atoms with Gasteiger partial charge in [-0.25, -0.2) is 4.99 Å². The lowest BCUT2D eigenvalue weighted by molar-refractivity contribution is 0.322. The van der Waals surface area contributed by atoms with E-state index in [9.17, 15) is 0 Å². The minimum atomic E-state index is 0. The largest absolute Gasteiger partial charge is 0.492 e. The van der Waals surface area contributed by atoms with Crippen LogP contribution >= 0.6 is 24.0 Å². The number of para-hydroxylation sites is 1. The average molecular weight is 440 g/mol. The molecule has 130 valence electrons. The second-order valence-corrected chi connectivity index (χ2v) is 5.05. The molecule has 0 bridgehead atoms. The maximum absolute atomic E-state index is 5.66. The Balaban J connectivity index is 0.00000288. The van der Waals surface area contributed by atoms with E-state index in [0.717, 1.165) is 29.6 Å². The van der Waals surface area contributed by atoms with E-state index in [-0.39, 0.29) is 24.0 Å². The summed E-state index contributed by atoms with van der Waals surface area (Å²) in [5.74, 6) is 1.65. The second kappa shape index (κ2) is 11.7. The van der Waals surface area contributed by atoms with Crippen LogP contribution in [0.5, 0.6) is 5.75 Å². The molecule has 1 aromatic carbocycles. The Labute approximate surface area is 161 Å². The zero-order chi connectivity index (χ0) is 16.3. The number of hydrogen-bond donors (Lipinski definition) is 2. The maximum Gasteiger partial charge on any atom is 0.191 e. The third kappa shape index (κ3) is 7.63. The highest BCUT2D eigenvalue weighted by molar-refractivity contribution is 14.0. The smallest absolute Gasteiger partial charge is 0.191 e. The van der Waals surface area contributed by atoms with Crippen molar-refractivity contribution in [3.8, 4) is 5.75 Å². The molecular weight excluding hydrogens is 415 g/mol. The molecule has 2 aromatic rings. The molecule has 24 heavy (non-hydrogen) atoms. The number of benzene rings is 1. The van der Waals surface area contributed by atoms with Crippen molar-refractivity contribution in [2.45, 2.75) is 20.4 Å². The van der Waals surface area contributed by atoms with Crippen LogP contribution in [-0.2, 0) is 6.54 Å². The first-order valence-electron chi connectivity index (χ1n) is 7.90. The van der Waals surface area contributed by atoms with Crippen molar-refractivity contribution in [2.75, 3.05) is 19.7 Å². The van der Waals surface area contributed by atoms with Gasteiger partial charge in [0, 0.05) is 12.2 Å². The van der Waals surface area contributed by atoms with Gasteiger partial charge in [0.15, 0.2) is 5.96 Å². The number of halogens is 1. The van der Waals surface area contributed by atoms with E-state index in [2.05, 4.69) is 20.6 Å². The summed E-state index contributed by atoms with van der Waals surface area (Å²) in [6.07, 6.45) is 0. The summed E-state index contributed by atoms with van der Waals surface area (Å²) in [5.41, 5.74) is 1.97. The van der Waals surface area contributed by atoms with Gasteiger partial charge in [-0.05, 0) is 38.1 Å². The first-order chi connectivity index (χ1) is 11.3. The molecule has 2 rings (SSSR count). The Hall–Kier alpha value is -1.83. The standard InChI is InChI=1S/C18H24N4O.HI/c1-3-19-18(21-14-16-9-7-8-15(2)22-16)20-12-13-23-17-10-5-4-6-11-17;/h4-11H,3,12-14H2,1-2H3,(H2,19,20,21);1H. The van der Waals surface area contributed by atoms with E-state index in [1.165, 1.54) is 0 Å². The Morgan fingerprint density at radius 2 is 1.88 bits per heavy atom. The number of ether oxygens (including phenoxy) is 1. The molecule has 0 atom stereocenters. The van der Waals surface area contributed by atoms with E-state index < -0.39 is 0 Å².